The molecular formula is C24H24N6O4S. The Balaban J connectivity index is 1.56. The number of fused-ring (bicyclic) bond motifs is 1. The Hall–Kier alpha value is -4.22. The number of nitrogens with one attached hydrogen (secondary N) is 3. The maximum atomic E-state index is 12.5. The number of carbonyl (C=O) groups excluding carboxylic acids is 1. The topological polar surface area (TPSA) is 173 Å². The zero-order valence-electron chi connectivity index (χ0n) is 18.6. The van der Waals surface area contributed by atoms with E-state index in [0.717, 1.165) is 18.4 Å². The molecule has 35 heavy (non-hydrogen) atoms. The number of rotatable bonds is 9. The minimum atomic E-state index is -3.95. The van der Waals surface area contributed by atoms with E-state index in [1.54, 1.807) is 42.5 Å². The fraction of sp³-hybridized carbons (Fsp3) is 0.125. The van der Waals surface area contributed by atoms with Gasteiger partial charge in [-0.25, -0.2) is 18.5 Å². The van der Waals surface area contributed by atoms with Crippen LogP contribution in [0, 0.1) is 0 Å². The first-order valence-electron chi connectivity index (χ1n) is 10.8. The number of para-hydroxylation sites is 1. The number of pyridine rings is 2. The van der Waals surface area contributed by atoms with Crippen molar-refractivity contribution >= 4 is 44.0 Å². The van der Waals surface area contributed by atoms with Gasteiger partial charge < -0.3 is 21.4 Å². The number of primary sulfonamides is 1. The molecule has 0 aliphatic heterocycles. The van der Waals surface area contributed by atoms with Crippen LogP contribution in [0.3, 0.4) is 0 Å². The highest BCUT2D eigenvalue weighted by Gasteiger charge is 2.15. The predicted molar refractivity (Wildman–Crippen MR) is 135 cm³/mol. The molecule has 10 nitrogen and oxygen atoms in total. The molecule has 0 unspecified atom stereocenters. The third kappa shape index (κ3) is 5.65. The van der Waals surface area contributed by atoms with Gasteiger partial charge in [-0.3, -0.25) is 9.59 Å². The van der Waals surface area contributed by atoms with Crippen molar-refractivity contribution in [1.82, 2.24) is 9.97 Å². The lowest BCUT2D eigenvalue weighted by Crippen LogP contribution is -2.15. The van der Waals surface area contributed by atoms with E-state index in [4.69, 9.17) is 10.9 Å². The summed E-state index contributed by atoms with van der Waals surface area (Å²) in [6.45, 7) is 0.519. The lowest BCUT2D eigenvalue weighted by atomic mass is 10.1. The zero-order valence-corrected chi connectivity index (χ0v) is 19.4. The van der Waals surface area contributed by atoms with Crippen molar-refractivity contribution in [1.29, 1.82) is 0 Å². The summed E-state index contributed by atoms with van der Waals surface area (Å²) < 4.78 is 23.9. The predicted octanol–water partition coefficient (Wildman–Crippen LogP) is 2.46. The van der Waals surface area contributed by atoms with E-state index >= 15 is 0 Å². The summed E-state index contributed by atoms with van der Waals surface area (Å²) >= 11 is 0. The Morgan fingerprint density at radius 3 is 2.51 bits per heavy atom. The molecule has 4 aromatic rings. The number of hydrogen-bond acceptors (Lipinski definition) is 7. The minimum absolute atomic E-state index is 0.0651. The number of sulfonamides is 1. The summed E-state index contributed by atoms with van der Waals surface area (Å²) in [5.41, 5.74) is 6.75. The molecule has 0 saturated heterocycles. The molecule has 0 radical (unpaired) electrons. The number of nitrogens with two attached hydrogens (primary N) is 2. The van der Waals surface area contributed by atoms with Crippen LogP contribution < -0.4 is 27.1 Å². The second kappa shape index (κ2) is 9.95. The van der Waals surface area contributed by atoms with Crippen molar-refractivity contribution in [3.8, 4) is 0 Å². The number of benzene rings is 2. The molecule has 1 amide bonds. The molecule has 2 heterocycles. The van der Waals surface area contributed by atoms with Gasteiger partial charge in [-0.15, -0.1) is 0 Å². The van der Waals surface area contributed by atoms with Crippen LogP contribution in [0.2, 0.25) is 0 Å². The summed E-state index contributed by atoms with van der Waals surface area (Å²) in [5, 5.41) is 12.6. The summed E-state index contributed by atoms with van der Waals surface area (Å²) in [5.74, 6) is 0.245. The quantitative estimate of drug-likeness (QED) is 0.223. The summed E-state index contributed by atoms with van der Waals surface area (Å²) in [7, 11) is -3.95. The Labute approximate surface area is 201 Å². The van der Waals surface area contributed by atoms with Gasteiger partial charge in [-0.1, -0.05) is 24.3 Å². The largest absolute Gasteiger partial charge is 0.369 e. The Morgan fingerprint density at radius 1 is 1.06 bits per heavy atom. The maximum Gasteiger partial charge on any atom is 0.259 e. The molecule has 0 aliphatic carbocycles. The number of aromatic nitrogens is 2. The standard InChI is InChI=1S/C24H24N6O4S/c25-22(31)16-9-7-15(8-10-16)4-3-12-27-23-21-17(11-13-28-24(21)32)14-20(30-23)29-18-5-1-2-6-19(18)35(26,33)34/h1-2,5-11,13-14H,3-4,12H2,(H2,25,31)(H,28,32)(H2,26,33,34)(H2,27,29,30). The van der Waals surface area contributed by atoms with E-state index in [1.165, 1.54) is 12.3 Å². The van der Waals surface area contributed by atoms with Gasteiger partial charge in [0.05, 0.1) is 11.1 Å². The first-order chi connectivity index (χ1) is 16.7. The third-order valence-corrected chi connectivity index (χ3v) is 6.35. The number of primary amides is 1. The Kier molecular flexibility index (Phi) is 6.80. The van der Waals surface area contributed by atoms with Crippen LogP contribution in [0.4, 0.5) is 17.3 Å². The molecular weight excluding hydrogens is 468 g/mol. The number of hydrogen-bond donors (Lipinski definition) is 5. The number of nitrogens with zero attached hydrogens (tertiary/aromatic N) is 1. The van der Waals surface area contributed by atoms with Gasteiger partial charge >= 0.3 is 0 Å². The second-order valence-corrected chi connectivity index (χ2v) is 9.41. The van der Waals surface area contributed by atoms with Crippen molar-refractivity contribution in [2.24, 2.45) is 10.9 Å². The lowest BCUT2D eigenvalue weighted by molar-refractivity contribution is 0.1000. The second-order valence-electron chi connectivity index (χ2n) is 7.88. The van der Waals surface area contributed by atoms with Crippen molar-refractivity contribution in [3.05, 3.63) is 88.3 Å². The van der Waals surface area contributed by atoms with E-state index in [-0.39, 0.29) is 16.1 Å². The van der Waals surface area contributed by atoms with Crippen LogP contribution >= 0.6 is 0 Å². The molecule has 2 aromatic carbocycles. The Bertz CT molecular complexity index is 1550. The number of aromatic amines is 1. The summed E-state index contributed by atoms with van der Waals surface area (Å²) in [6.07, 6.45) is 3.00. The van der Waals surface area contributed by atoms with Crippen LogP contribution in [0.5, 0.6) is 0 Å². The van der Waals surface area contributed by atoms with Gasteiger partial charge in [0.2, 0.25) is 15.9 Å². The number of anilines is 3. The molecule has 11 heteroatoms. The van der Waals surface area contributed by atoms with Gasteiger partial charge in [0.15, 0.2) is 0 Å². The monoisotopic (exact) mass is 492 g/mol. The van der Waals surface area contributed by atoms with E-state index in [2.05, 4.69) is 20.6 Å². The third-order valence-electron chi connectivity index (χ3n) is 5.38. The summed E-state index contributed by atoms with van der Waals surface area (Å²) in [4.78, 5) is 30.8. The van der Waals surface area contributed by atoms with Gasteiger partial charge in [0, 0.05) is 18.3 Å². The Morgan fingerprint density at radius 2 is 1.80 bits per heavy atom. The molecule has 180 valence electrons. The molecule has 0 bridgehead atoms. The molecule has 0 atom stereocenters. The van der Waals surface area contributed by atoms with E-state index in [1.807, 2.05) is 12.1 Å². The fourth-order valence-electron chi connectivity index (χ4n) is 3.70. The number of H-pyrrole nitrogens is 1. The van der Waals surface area contributed by atoms with E-state index in [9.17, 15) is 18.0 Å². The van der Waals surface area contributed by atoms with Crippen molar-refractivity contribution in [3.63, 3.8) is 0 Å². The molecule has 0 fully saturated rings. The maximum absolute atomic E-state index is 12.5. The first-order valence-corrected chi connectivity index (χ1v) is 12.3. The van der Waals surface area contributed by atoms with Crippen molar-refractivity contribution < 1.29 is 13.2 Å². The van der Waals surface area contributed by atoms with Crippen LogP contribution in [0.15, 0.2) is 76.6 Å². The molecule has 0 spiro atoms. The average Bonchev–Trinajstić information content (AvgIpc) is 2.81. The number of amides is 1. The average molecular weight is 493 g/mol. The van der Waals surface area contributed by atoms with Crippen LogP contribution in [0.25, 0.3) is 10.8 Å². The smallest absolute Gasteiger partial charge is 0.259 e. The highest BCUT2D eigenvalue weighted by Crippen LogP contribution is 2.27. The molecule has 7 N–H and O–H groups in total. The zero-order chi connectivity index (χ0) is 25.0. The van der Waals surface area contributed by atoms with Gasteiger partial charge in [0.25, 0.3) is 5.56 Å². The van der Waals surface area contributed by atoms with Crippen molar-refractivity contribution in [2.75, 3.05) is 17.2 Å². The number of carbonyl (C=O) groups is 1. The highest BCUT2D eigenvalue weighted by molar-refractivity contribution is 7.89. The van der Waals surface area contributed by atoms with E-state index < -0.39 is 15.9 Å². The van der Waals surface area contributed by atoms with Crippen LogP contribution in [-0.4, -0.2) is 30.8 Å². The van der Waals surface area contributed by atoms with Gasteiger partial charge in [-0.2, -0.15) is 0 Å². The van der Waals surface area contributed by atoms with Crippen molar-refractivity contribution in [2.45, 2.75) is 17.7 Å². The highest BCUT2D eigenvalue weighted by atomic mass is 32.2. The van der Waals surface area contributed by atoms with Gasteiger partial charge in [0.1, 0.15) is 16.5 Å². The van der Waals surface area contributed by atoms with E-state index in [0.29, 0.717) is 34.5 Å². The normalized spacial score (nSPS) is 11.3. The SMILES string of the molecule is NC(=O)c1ccc(CCCNc2nc(Nc3ccccc3S(N)(=O)=O)cc3cc[nH]c(=O)c23)cc1. The minimum Gasteiger partial charge on any atom is -0.369 e. The first kappa shape index (κ1) is 23.9. The van der Waals surface area contributed by atoms with Gasteiger partial charge in [-0.05, 0) is 60.2 Å². The molecule has 0 saturated carbocycles. The number of aryl methyl sites for hydroxylation is 1. The fourth-order valence-corrected chi connectivity index (χ4v) is 4.39. The molecule has 4 rings (SSSR count). The molecule has 0 aliphatic rings. The molecule has 2 aromatic heterocycles. The van der Waals surface area contributed by atoms with Crippen LogP contribution in [0.1, 0.15) is 22.3 Å². The summed E-state index contributed by atoms with van der Waals surface area (Å²) in [6, 6.07) is 16.7. The van der Waals surface area contributed by atoms with Crippen LogP contribution in [-0.2, 0) is 16.4 Å². The lowest BCUT2D eigenvalue weighted by Gasteiger charge is -2.14.